The van der Waals surface area contributed by atoms with Gasteiger partial charge in [0.05, 0.1) is 6.61 Å². The van der Waals surface area contributed by atoms with E-state index in [4.69, 9.17) is 26.4 Å². The van der Waals surface area contributed by atoms with Crippen molar-refractivity contribution in [1.82, 2.24) is 5.32 Å². The average molecular weight is 401 g/mol. The van der Waals surface area contributed by atoms with Gasteiger partial charge in [-0.05, 0) is 73.2 Å². The van der Waals surface area contributed by atoms with Gasteiger partial charge >= 0.3 is 0 Å². The average Bonchev–Trinajstić information content (AvgIpc) is 2.68. The molecule has 28 heavy (non-hydrogen) atoms. The lowest BCUT2D eigenvalue weighted by atomic mass is 10.2. The van der Waals surface area contributed by atoms with Crippen LogP contribution < -0.4 is 20.1 Å². The van der Waals surface area contributed by atoms with Gasteiger partial charge in [-0.1, -0.05) is 6.58 Å². The summed E-state index contributed by atoms with van der Waals surface area (Å²) >= 11 is 5.20. The minimum atomic E-state index is -0.303. The minimum Gasteiger partial charge on any atom is -0.491 e. The molecule has 2 N–H and O–H groups in total. The number of hydrogen-bond acceptors (Lipinski definition) is 5. The van der Waals surface area contributed by atoms with E-state index in [1.165, 1.54) is 0 Å². The Hall–Kier alpha value is -2.90. The number of thiocarbonyl (C=S) groups is 1. The van der Waals surface area contributed by atoms with Gasteiger partial charge in [-0.25, -0.2) is 0 Å². The van der Waals surface area contributed by atoms with E-state index in [1.807, 2.05) is 31.2 Å². The topological polar surface area (TPSA) is 68.8 Å². The number of amides is 1. The number of hydrogen-bond donors (Lipinski definition) is 2. The van der Waals surface area contributed by atoms with E-state index in [0.717, 1.165) is 17.0 Å². The molecule has 148 valence electrons. The predicted molar refractivity (Wildman–Crippen MR) is 114 cm³/mol. The van der Waals surface area contributed by atoms with Gasteiger partial charge in [-0.3, -0.25) is 10.1 Å². The maximum atomic E-state index is 12.3. The van der Waals surface area contributed by atoms with E-state index in [0.29, 0.717) is 31.1 Å². The number of nitrogens with one attached hydrogen (secondary N) is 2. The van der Waals surface area contributed by atoms with Crippen LogP contribution >= 0.6 is 12.2 Å². The fourth-order valence-corrected chi connectivity index (χ4v) is 2.33. The van der Waals surface area contributed by atoms with Crippen molar-refractivity contribution in [3.05, 3.63) is 66.2 Å². The van der Waals surface area contributed by atoms with Crippen LogP contribution in [-0.2, 0) is 4.74 Å². The first-order chi connectivity index (χ1) is 13.5. The molecule has 0 radical (unpaired) electrons. The molecule has 0 aliphatic heterocycles. The van der Waals surface area contributed by atoms with Crippen molar-refractivity contribution < 1.29 is 19.0 Å². The molecular formula is C21H24N2O4S. The summed E-state index contributed by atoms with van der Waals surface area (Å²) in [6.45, 7) is 7.12. The predicted octanol–water partition coefficient (Wildman–Crippen LogP) is 3.79. The van der Waals surface area contributed by atoms with Gasteiger partial charge in [-0.15, -0.1) is 0 Å². The Morgan fingerprint density at radius 3 is 2.21 bits per heavy atom. The van der Waals surface area contributed by atoms with Crippen molar-refractivity contribution in [2.24, 2.45) is 0 Å². The van der Waals surface area contributed by atoms with Crippen molar-refractivity contribution in [2.45, 2.75) is 6.92 Å². The van der Waals surface area contributed by atoms with Crippen LogP contribution in [0, 0.1) is 0 Å². The van der Waals surface area contributed by atoms with Crippen LogP contribution in [0.2, 0.25) is 0 Å². The minimum absolute atomic E-state index is 0.209. The number of benzene rings is 2. The Morgan fingerprint density at radius 1 is 1.00 bits per heavy atom. The molecule has 0 bridgehead atoms. The Labute approximate surface area is 170 Å². The molecule has 1 amide bonds. The van der Waals surface area contributed by atoms with Gasteiger partial charge in [-0.2, -0.15) is 0 Å². The molecule has 0 aliphatic rings. The van der Waals surface area contributed by atoms with Crippen LogP contribution in [0.1, 0.15) is 17.3 Å². The standard InChI is InChI=1S/C21H24N2O4S/c1-15(2)14-27-19-10-6-17(7-11-19)22-21(28)23-20(24)16-4-8-18(9-5-16)26-13-12-25-3/h4-11H,1,12-14H2,2-3H3,(H2,22,23,24,28). The van der Waals surface area contributed by atoms with Gasteiger partial charge in [0.1, 0.15) is 24.7 Å². The van der Waals surface area contributed by atoms with Crippen molar-refractivity contribution in [3.8, 4) is 11.5 Å². The van der Waals surface area contributed by atoms with Gasteiger partial charge in [0.2, 0.25) is 0 Å². The molecule has 0 atom stereocenters. The van der Waals surface area contributed by atoms with E-state index in [2.05, 4.69) is 17.2 Å². The van der Waals surface area contributed by atoms with Gasteiger partial charge in [0.15, 0.2) is 5.11 Å². The molecule has 0 saturated heterocycles. The SMILES string of the molecule is C=C(C)COc1ccc(NC(=S)NC(=O)c2ccc(OCCOC)cc2)cc1. The zero-order valence-corrected chi connectivity index (χ0v) is 16.8. The lowest BCUT2D eigenvalue weighted by molar-refractivity contribution is 0.0977. The highest BCUT2D eigenvalue weighted by Crippen LogP contribution is 2.16. The summed E-state index contributed by atoms with van der Waals surface area (Å²) in [5.41, 5.74) is 2.17. The van der Waals surface area contributed by atoms with E-state index in [1.54, 1.807) is 31.4 Å². The normalized spacial score (nSPS) is 10.1. The van der Waals surface area contributed by atoms with Crippen LogP contribution in [-0.4, -0.2) is 38.0 Å². The smallest absolute Gasteiger partial charge is 0.257 e. The lowest BCUT2D eigenvalue weighted by Crippen LogP contribution is -2.34. The maximum Gasteiger partial charge on any atom is 0.257 e. The van der Waals surface area contributed by atoms with Crippen molar-refractivity contribution in [1.29, 1.82) is 0 Å². The summed E-state index contributed by atoms with van der Waals surface area (Å²) in [6, 6.07) is 14.1. The number of ether oxygens (including phenoxy) is 3. The van der Waals surface area contributed by atoms with Crippen LogP contribution in [0.3, 0.4) is 0 Å². The molecule has 2 aromatic carbocycles. The van der Waals surface area contributed by atoms with Crippen molar-refractivity contribution >= 4 is 28.9 Å². The van der Waals surface area contributed by atoms with Gasteiger partial charge in [0, 0.05) is 18.4 Å². The summed E-state index contributed by atoms with van der Waals surface area (Å²) in [7, 11) is 1.61. The third-order valence-electron chi connectivity index (χ3n) is 3.50. The summed E-state index contributed by atoms with van der Waals surface area (Å²) in [5.74, 6) is 1.10. The molecule has 0 unspecified atom stereocenters. The Kier molecular flexibility index (Phi) is 8.45. The zero-order chi connectivity index (χ0) is 20.4. The van der Waals surface area contributed by atoms with Gasteiger partial charge < -0.3 is 19.5 Å². The Morgan fingerprint density at radius 2 is 1.61 bits per heavy atom. The number of carbonyl (C=O) groups excluding carboxylic acids is 1. The first kappa shape index (κ1) is 21.4. The first-order valence-electron chi connectivity index (χ1n) is 8.69. The third-order valence-corrected chi connectivity index (χ3v) is 3.70. The van der Waals surface area contributed by atoms with Crippen molar-refractivity contribution in [3.63, 3.8) is 0 Å². The number of rotatable bonds is 9. The van der Waals surface area contributed by atoms with E-state index in [9.17, 15) is 4.79 Å². The lowest BCUT2D eigenvalue weighted by Gasteiger charge is -2.11. The molecule has 0 heterocycles. The van der Waals surface area contributed by atoms with Crippen LogP contribution in [0.15, 0.2) is 60.7 Å². The molecule has 7 heteroatoms. The summed E-state index contributed by atoms with van der Waals surface area (Å²) < 4.78 is 15.9. The largest absolute Gasteiger partial charge is 0.491 e. The molecule has 2 aromatic rings. The van der Waals surface area contributed by atoms with Crippen LogP contribution in [0.4, 0.5) is 5.69 Å². The molecule has 0 aromatic heterocycles. The van der Waals surface area contributed by atoms with E-state index < -0.39 is 0 Å². The Balaban J connectivity index is 1.83. The molecule has 2 rings (SSSR count). The summed E-state index contributed by atoms with van der Waals surface area (Å²) in [5, 5.41) is 5.83. The summed E-state index contributed by atoms with van der Waals surface area (Å²) in [6.07, 6.45) is 0. The molecule has 6 nitrogen and oxygen atoms in total. The zero-order valence-electron chi connectivity index (χ0n) is 16.0. The highest BCUT2D eigenvalue weighted by atomic mass is 32.1. The van der Waals surface area contributed by atoms with Gasteiger partial charge in [0.25, 0.3) is 5.91 Å². The second kappa shape index (κ2) is 11.1. The first-order valence-corrected chi connectivity index (χ1v) is 9.10. The number of methoxy groups -OCH3 is 1. The highest BCUT2D eigenvalue weighted by Gasteiger charge is 2.08. The van der Waals surface area contributed by atoms with E-state index in [-0.39, 0.29) is 11.0 Å². The second-order valence-electron chi connectivity index (χ2n) is 6.04. The van der Waals surface area contributed by atoms with Crippen molar-refractivity contribution in [2.75, 3.05) is 32.2 Å². The second-order valence-corrected chi connectivity index (χ2v) is 6.45. The molecule has 0 spiro atoms. The Bertz CT molecular complexity index is 804. The fraction of sp³-hybridized carbons (Fsp3) is 0.238. The monoisotopic (exact) mass is 400 g/mol. The van der Waals surface area contributed by atoms with E-state index >= 15 is 0 Å². The number of carbonyl (C=O) groups is 1. The highest BCUT2D eigenvalue weighted by molar-refractivity contribution is 7.80. The molecule has 0 fully saturated rings. The molecule has 0 aliphatic carbocycles. The third kappa shape index (κ3) is 7.38. The quantitative estimate of drug-likeness (QED) is 0.379. The molecule has 0 saturated carbocycles. The van der Waals surface area contributed by atoms with Crippen LogP contribution in [0.5, 0.6) is 11.5 Å². The summed E-state index contributed by atoms with van der Waals surface area (Å²) in [4.78, 5) is 12.3. The fourth-order valence-electron chi connectivity index (χ4n) is 2.12. The molecular weight excluding hydrogens is 376 g/mol. The number of anilines is 1. The maximum absolute atomic E-state index is 12.3. The van der Waals surface area contributed by atoms with Crippen LogP contribution in [0.25, 0.3) is 0 Å².